The third-order valence-electron chi connectivity index (χ3n) is 7.60. The summed E-state index contributed by atoms with van der Waals surface area (Å²) in [5, 5.41) is 9.42. The highest BCUT2D eigenvalue weighted by molar-refractivity contribution is 5.92. The molecule has 3 fully saturated rings. The number of amides is 2. The molecule has 164 valence electrons. The van der Waals surface area contributed by atoms with Gasteiger partial charge in [0.1, 0.15) is 6.61 Å². The van der Waals surface area contributed by atoms with Crippen LogP contribution >= 0.6 is 0 Å². The molecule has 6 nitrogen and oxygen atoms in total. The summed E-state index contributed by atoms with van der Waals surface area (Å²) in [7, 11) is 0. The third kappa shape index (κ3) is 4.70. The lowest BCUT2D eigenvalue weighted by Gasteiger charge is -2.40. The zero-order chi connectivity index (χ0) is 21.1. The number of carbonyl (C=O) groups excluding carboxylic acids is 2. The minimum atomic E-state index is -0.391. The average Bonchev–Trinajstić information content (AvgIpc) is 3.35. The summed E-state index contributed by atoms with van der Waals surface area (Å²) in [5.41, 5.74) is 7.28. The summed E-state index contributed by atoms with van der Waals surface area (Å²) in [6.45, 7) is 2.01. The second-order valence-electron chi connectivity index (χ2n) is 9.43. The molecule has 1 aromatic carbocycles. The molecule has 4 rings (SSSR count). The smallest absolute Gasteiger partial charge is 0.248 e. The molecule has 2 bridgehead atoms. The molecule has 2 unspecified atom stereocenters. The van der Waals surface area contributed by atoms with Crippen LogP contribution in [0.25, 0.3) is 0 Å². The topological polar surface area (TPSA) is 86.9 Å². The van der Waals surface area contributed by atoms with Crippen LogP contribution in [0, 0.1) is 5.92 Å². The van der Waals surface area contributed by atoms with E-state index in [4.69, 9.17) is 5.73 Å². The van der Waals surface area contributed by atoms with Gasteiger partial charge in [0.2, 0.25) is 11.8 Å². The molecule has 3 aliphatic rings. The fraction of sp³-hybridized carbons (Fsp3) is 0.667. The number of carbonyl (C=O) groups is 2. The molecular weight excluding hydrogens is 378 g/mol. The number of piperidine rings is 1. The van der Waals surface area contributed by atoms with Crippen molar-refractivity contribution in [1.82, 2.24) is 9.80 Å². The zero-order valence-corrected chi connectivity index (χ0v) is 17.8. The molecule has 2 saturated heterocycles. The number of benzene rings is 1. The molecule has 1 aromatic rings. The van der Waals surface area contributed by atoms with Crippen LogP contribution in [0.2, 0.25) is 0 Å². The molecule has 0 radical (unpaired) electrons. The number of aliphatic hydroxyl groups is 1. The van der Waals surface area contributed by atoms with Crippen molar-refractivity contribution in [2.75, 3.05) is 26.2 Å². The van der Waals surface area contributed by atoms with Crippen molar-refractivity contribution >= 4 is 11.8 Å². The molecule has 2 aliphatic heterocycles. The number of aliphatic hydroxyl groups excluding tert-OH is 1. The number of primary amides is 1. The van der Waals surface area contributed by atoms with E-state index in [2.05, 4.69) is 11.0 Å². The molecule has 0 spiro atoms. The molecule has 1 aliphatic carbocycles. The Morgan fingerprint density at radius 3 is 2.43 bits per heavy atom. The van der Waals surface area contributed by atoms with Crippen molar-refractivity contribution in [3.63, 3.8) is 0 Å². The van der Waals surface area contributed by atoms with Gasteiger partial charge in [-0.1, -0.05) is 25.0 Å². The maximum absolute atomic E-state index is 12.3. The molecule has 2 heterocycles. The first-order chi connectivity index (χ1) is 14.5. The van der Waals surface area contributed by atoms with E-state index in [-0.39, 0.29) is 11.8 Å². The first-order valence-electron chi connectivity index (χ1n) is 11.6. The number of hydrogen-bond acceptors (Lipinski definition) is 4. The van der Waals surface area contributed by atoms with Gasteiger partial charge in [0.15, 0.2) is 0 Å². The minimum Gasteiger partial charge on any atom is -0.387 e. The van der Waals surface area contributed by atoms with Gasteiger partial charge in [-0.2, -0.15) is 0 Å². The van der Waals surface area contributed by atoms with Gasteiger partial charge in [-0.25, -0.2) is 0 Å². The van der Waals surface area contributed by atoms with Gasteiger partial charge in [-0.3, -0.25) is 14.5 Å². The maximum Gasteiger partial charge on any atom is 0.248 e. The lowest BCUT2D eigenvalue weighted by molar-refractivity contribution is -0.135. The predicted octanol–water partition coefficient (Wildman–Crippen LogP) is 2.51. The van der Waals surface area contributed by atoms with Crippen LogP contribution in [-0.2, 0) is 4.79 Å². The molecule has 0 aromatic heterocycles. The highest BCUT2D eigenvalue weighted by Gasteiger charge is 2.41. The highest BCUT2D eigenvalue weighted by Crippen LogP contribution is 2.43. The van der Waals surface area contributed by atoms with Gasteiger partial charge in [-0.15, -0.1) is 0 Å². The molecular formula is C24H35N3O3. The van der Waals surface area contributed by atoms with Crippen molar-refractivity contribution in [3.05, 3.63) is 35.4 Å². The van der Waals surface area contributed by atoms with E-state index >= 15 is 0 Å². The monoisotopic (exact) mass is 413 g/mol. The predicted molar refractivity (Wildman–Crippen MR) is 116 cm³/mol. The van der Waals surface area contributed by atoms with Crippen LogP contribution in [0.15, 0.2) is 24.3 Å². The average molecular weight is 414 g/mol. The van der Waals surface area contributed by atoms with E-state index in [9.17, 15) is 14.7 Å². The van der Waals surface area contributed by atoms with E-state index in [1.807, 2.05) is 17.0 Å². The van der Waals surface area contributed by atoms with Crippen LogP contribution in [0.1, 0.15) is 73.2 Å². The molecule has 6 heteroatoms. The summed E-state index contributed by atoms with van der Waals surface area (Å²) in [5.74, 6) is 0.563. The zero-order valence-electron chi connectivity index (χ0n) is 17.8. The molecule has 2 atom stereocenters. The molecule has 1 saturated carbocycles. The SMILES string of the molecule is NC(=O)c1cccc(C2CC3CCC(C2)N3CCN(CC2CCCC2)C(=O)CO)c1. The van der Waals surface area contributed by atoms with Crippen LogP contribution < -0.4 is 5.73 Å². The van der Waals surface area contributed by atoms with Crippen molar-refractivity contribution in [3.8, 4) is 0 Å². The summed E-state index contributed by atoms with van der Waals surface area (Å²) >= 11 is 0. The van der Waals surface area contributed by atoms with Gasteiger partial charge in [-0.05, 0) is 68.1 Å². The largest absolute Gasteiger partial charge is 0.387 e. The molecule has 2 amide bonds. The summed E-state index contributed by atoms with van der Waals surface area (Å²) in [6.07, 6.45) is 9.53. The normalized spacial score (nSPS) is 26.8. The fourth-order valence-electron chi connectivity index (χ4n) is 6.02. The Labute approximate surface area is 179 Å². The second-order valence-corrected chi connectivity index (χ2v) is 9.43. The standard InChI is InChI=1S/C24H35N3O3/c25-24(30)19-7-3-6-18(12-19)20-13-21-8-9-22(14-20)27(21)11-10-26(23(29)16-28)15-17-4-1-2-5-17/h3,6-7,12,17,20-22,28H,1-2,4-5,8-11,13-16H2,(H2,25,30). The highest BCUT2D eigenvalue weighted by atomic mass is 16.3. The molecule has 3 N–H and O–H groups in total. The summed E-state index contributed by atoms with van der Waals surface area (Å²) in [4.78, 5) is 28.3. The number of nitrogens with two attached hydrogens (primary N) is 1. The van der Waals surface area contributed by atoms with Crippen molar-refractivity contribution in [2.24, 2.45) is 11.7 Å². The Balaban J connectivity index is 1.37. The van der Waals surface area contributed by atoms with Crippen LogP contribution in [0.3, 0.4) is 0 Å². The van der Waals surface area contributed by atoms with Crippen LogP contribution in [0.4, 0.5) is 0 Å². The fourth-order valence-corrected chi connectivity index (χ4v) is 6.02. The Hall–Kier alpha value is -1.92. The van der Waals surface area contributed by atoms with Crippen molar-refractivity contribution in [2.45, 2.75) is 69.4 Å². The van der Waals surface area contributed by atoms with Crippen molar-refractivity contribution < 1.29 is 14.7 Å². The number of hydrogen-bond donors (Lipinski definition) is 2. The lowest BCUT2D eigenvalue weighted by Crippen LogP contribution is -2.48. The quantitative estimate of drug-likeness (QED) is 0.686. The van der Waals surface area contributed by atoms with E-state index in [0.717, 1.165) is 25.9 Å². The third-order valence-corrected chi connectivity index (χ3v) is 7.60. The van der Waals surface area contributed by atoms with Crippen LogP contribution in [-0.4, -0.2) is 65.0 Å². The number of fused-ring (bicyclic) bond motifs is 2. The van der Waals surface area contributed by atoms with Crippen molar-refractivity contribution in [1.29, 1.82) is 0 Å². The Morgan fingerprint density at radius 1 is 1.10 bits per heavy atom. The minimum absolute atomic E-state index is 0.132. The van der Waals surface area contributed by atoms with E-state index < -0.39 is 6.61 Å². The first-order valence-corrected chi connectivity index (χ1v) is 11.6. The Bertz CT molecular complexity index is 748. The van der Waals surface area contributed by atoms with Gasteiger partial charge in [0, 0.05) is 37.3 Å². The molecule has 30 heavy (non-hydrogen) atoms. The maximum atomic E-state index is 12.3. The number of nitrogens with zero attached hydrogens (tertiary/aromatic N) is 2. The van der Waals surface area contributed by atoms with E-state index in [1.165, 1.54) is 44.1 Å². The van der Waals surface area contributed by atoms with Gasteiger partial charge in [0.05, 0.1) is 0 Å². The van der Waals surface area contributed by atoms with E-state index in [0.29, 0.717) is 36.0 Å². The second kappa shape index (κ2) is 9.48. The number of rotatable bonds is 8. The van der Waals surface area contributed by atoms with Gasteiger partial charge in [0.25, 0.3) is 0 Å². The summed E-state index contributed by atoms with van der Waals surface area (Å²) < 4.78 is 0. The van der Waals surface area contributed by atoms with E-state index in [1.54, 1.807) is 6.07 Å². The van der Waals surface area contributed by atoms with Gasteiger partial charge >= 0.3 is 0 Å². The van der Waals surface area contributed by atoms with Crippen LogP contribution in [0.5, 0.6) is 0 Å². The summed E-state index contributed by atoms with van der Waals surface area (Å²) in [6, 6.07) is 8.87. The Morgan fingerprint density at radius 2 is 1.80 bits per heavy atom. The lowest BCUT2D eigenvalue weighted by atomic mass is 9.84. The first kappa shape index (κ1) is 21.3. The Kier molecular flexibility index (Phi) is 6.74. The van der Waals surface area contributed by atoms with Gasteiger partial charge < -0.3 is 15.7 Å².